The van der Waals surface area contributed by atoms with Crippen LogP contribution in [0.5, 0.6) is 0 Å². The van der Waals surface area contributed by atoms with Gasteiger partial charge in [-0.15, -0.1) is 0 Å². The van der Waals surface area contributed by atoms with E-state index in [-0.39, 0.29) is 25.2 Å². The Morgan fingerprint density at radius 3 is 2.33 bits per heavy atom. The third-order valence-corrected chi connectivity index (χ3v) is 4.34. The van der Waals surface area contributed by atoms with Crippen molar-refractivity contribution in [1.82, 2.24) is 14.7 Å². The number of amides is 2. The maximum Gasteiger partial charge on any atom is 0.320 e. The Morgan fingerprint density at radius 1 is 1.00 bits per heavy atom. The summed E-state index contributed by atoms with van der Waals surface area (Å²) < 4.78 is 0. The van der Waals surface area contributed by atoms with Crippen molar-refractivity contribution in [3.8, 4) is 0 Å². The van der Waals surface area contributed by atoms with Crippen molar-refractivity contribution in [3.63, 3.8) is 0 Å². The fourth-order valence-electron chi connectivity index (χ4n) is 3.09. The van der Waals surface area contributed by atoms with Crippen LogP contribution in [-0.4, -0.2) is 88.8 Å². The van der Waals surface area contributed by atoms with Gasteiger partial charge in [-0.25, -0.2) is 4.79 Å². The van der Waals surface area contributed by atoms with Crippen LogP contribution in [0.15, 0.2) is 0 Å². The van der Waals surface area contributed by atoms with Crippen LogP contribution < -0.4 is 0 Å². The Hall–Kier alpha value is -1.34. The molecule has 0 aliphatic carbocycles. The van der Waals surface area contributed by atoms with Crippen molar-refractivity contribution in [2.45, 2.75) is 31.7 Å². The number of nitrogens with zero attached hydrogens (tertiary/aromatic N) is 3. The quantitative estimate of drug-likeness (QED) is 0.769. The summed E-state index contributed by atoms with van der Waals surface area (Å²) >= 11 is 0. The molecule has 2 aliphatic rings. The Labute approximate surface area is 125 Å². The highest BCUT2D eigenvalue weighted by Gasteiger charge is 2.30. The molecule has 0 radical (unpaired) electrons. The molecule has 1 atom stereocenters. The van der Waals surface area contributed by atoms with E-state index < -0.39 is 5.97 Å². The normalized spacial score (nSPS) is 24.7. The van der Waals surface area contributed by atoms with Gasteiger partial charge in [-0.05, 0) is 12.8 Å². The second kappa shape index (κ2) is 7.61. The average molecular weight is 299 g/mol. The van der Waals surface area contributed by atoms with Crippen LogP contribution in [0.25, 0.3) is 0 Å². The van der Waals surface area contributed by atoms with Crippen LogP contribution in [0.1, 0.15) is 25.7 Å². The van der Waals surface area contributed by atoms with Gasteiger partial charge in [0.2, 0.25) is 0 Å². The summed E-state index contributed by atoms with van der Waals surface area (Å²) in [5.41, 5.74) is 0. The summed E-state index contributed by atoms with van der Waals surface area (Å²) in [5.74, 6) is -0.831. The van der Waals surface area contributed by atoms with Gasteiger partial charge in [0.1, 0.15) is 0 Å². The predicted octanol–water partition coefficient (Wildman–Crippen LogP) is 0.0455. The van der Waals surface area contributed by atoms with Crippen LogP contribution in [0.3, 0.4) is 0 Å². The Kier molecular flexibility index (Phi) is 5.81. The minimum atomic E-state index is -0.831. The minimum Gasteiger partial charge on any atom is -0.480 e. The molecule has 0 saturated carbocycles. The average Bonchev–Trinajstić information content (AvgIpc) is 2.71. The van der Waals surface area contributed by atoms with Gasteiger partial charge in [0, 0.05) is 32.7 Å². The minimum absolute atomic E-state index is 0.00840. The topological polar surface area (TPSA) is 84.3 Å². The number of carboxylic acids is 1. The molecule has 120 valence electrons. The fourth-order valence-corrected chi connectivity index (χ4v) is 3.09. The molecule has 2 heterocycles. The first-order valence-electron chi connectivity index (χ1n) is 7.72. The summed E-state index contributed by atoms with van der Waals surface area (Å²) in [5, 5.41) is 18.3. The number of carbonyl (C=O) groups excluding carboxylic acids is 1. The van der Waals surface area contributed by atoms with E-state index >= 15 is 0 Å². The third kappa shape index (κ3) is 4.31. The van der Waals surface area contributed by atoms with Gasteiger partial charge >= 0.3 is 12.0 Å². The fraction of sp³-hybridized carbons (Fsp3) is 0.857. The first-order chi connectivity index (χ1) is 10.1. The SMILES string of the molecule is O=C(O)CN1CCN(C(=O)N2CCCCCC2CO)CC1. The van der Waals surface area contributed by atoms with Crippen LogP contribution in [0, 0.1) is 0 Å². The van der Waals surface area contributed by atoms with E-state index in [1.54, 1.807) is 9.80 Å². The molecule has 2 N–H and O–H groups in total. The highest BCUT2D eigenvalue weighted by atomic mass is 16.4. The first kappa shape index (κ1) is 16.0. The molecule has 21 heavy (non-hydrogen) atoms. The highest BCUT2D eigenvalue weighted by Crippen LogP contribution is 2.18. The van der Waals surface area contributed by atoms with Gasteiger partial charge in [-0.1, -0.05) is 12.8 Å². The molecule has 2 rings (SSSR count). The number of carbonyl (C=O) groups is 2. The van der Waals surface area contributed by atoms with E-state index in [1.807, 2.05) is 4.90 Å². The molecule has 7 nitrogen and oxygen atoms in total. The molecule has 2 saturated heterocycles. The number of likely N-dealkylation sites (tertiary alicyclic amines) is 1. The summed E-state index contributed by atoms with van der Waals surface area (Å²) in [6, 6.07) is -0.0806. The summed E-state index contributed by atoms with van der Waals surface area (Å²) in [7, 11) is 0. The Balaban J connectivity index is 1.89. The van der Waals surface area contributed by atoms with Crippen molar-refractivity contribution >= 4 is 12.0 Å². The molecule has 2 aliphatic heterocycles. The molecule has 0 spiro atoms. The van der Waals surface area contributed by atoms with Gasteiger partial charge in [-0.3, -0.25) is 9.69 Å². The smallest absolute Gasteiger partial charge is 0.320 e. The molecular formula is C14H25N3O4. The zero-order valence-electron chi connectivity index (χ0n) is 12.4. The van der Waals surface area contributed by atoms with Gasteiger partial charge < -0.3 is 20.0 Å². The summed E-state index contributed by atoms with van der Waals surface area (Å²) in [6.45, 7) is 3.06. The number of aliphatic hydroxyl groups excluding tert-OH is 1. The molecule has 2 fully saturated rings. The number of hydrogen-bond acceptors (Lipinski definition) is 4. The first-order valence-corrected chi connectivity index (χ1v) is 7.72. The van der Waals surface area contributed by atoms with E-state index in [4.69, 9.17) is 5.11 Å². The van der Waals surface area contributed by atoms with Crippen molar-refractivity contribution < 1.29 is 19.8 Å². The van der Waals surface area contributed by atoms with E-state index in [0.717, 1.165) is 25.7 Å². The van der Waals surface area contributed by atoms with E-state index in [1.165, 1.54) is 0 Å². The number of aliphatic carboxylic acids is 1. The molecule has 0 aromatic rings. The monoisotopic (exact) mass is 299 g/mol. The van der Waals surface area contributed by atoms with Crippen molar-refractivity contribution in [2.75, 3.05) is 45.9 Å². The second-order valence-electron chi connectivity index (χ2n) is 5.82. The van der Waals surface area contributed by atoms with Crippen molar-refractivity contribution in [2.24, 2.45) is 0 Å². The number of aliphatic hydroxyl groups is 1. The predicted molar refractivity (Wildman–Crippen MR) is 77.1 cm³/mol. The van der Waals surface area contributed by atoms with Crippen molar-refractivity contribution in [3.05, 3.63) is 0 Å². The summed E-state index contributed by atoms with van der Waals surface area (Å²) in [4.78, 5) is 28.7. The number of urea groups is 1. The van der Waals surface area contributed by atoms with Gasteiger partial charge in [-0.2, -0.15) is 0 Å². The van der Waals surface area contributed by atoms with Crippen molar-refractivity contribution in [1.29, 1.82) is 0 Å². The number of piperazine rings is 1. The molecule has 2 amide bonds. The molecule has 0 bridgehead atoms. The Morgan fingerprint density at radius 2 is 1.71 bits per heavy atom. The number of hydrogen-bond donors (Lipinski definition) is 2. The van der Waals surface area contributed by atoms with Gasteiger partial charge in [0.15, 0.2) is 0 Å². The van der Waals surface area contributed by atoms with Gasteiger partial charge in [0.25, 0.3) is 0 Å². The molecule has 7 heteroatoms. The maximum absolute atomic E-state index is 12.6. The third-order valence-electron chi connectivity index (χ3n) is 4.34. The zero-order valence-corrected chi connectivity index (χ0v) is 12.4. The number of carboxylic acid groups (broad SMARTS) is 1. The van der Waals surface area contributed by atoms with Crippen LogP contribution in [0.4, 0.5) is 4.79 Å². The lowest BCUT2D eigenvalue weighted by atomic mass is 10.1. The zero-order chi connectivity index (χ0) is 15.2. The van der Waals surface area contributed by atoms with E-state index in [2.05, 4.69) is 0 Å². The van der Waals surface area contributed by atoms with E-state index in [9.17, 15) is 14.7 Å². The standard InChI is InChI=1S/C14H25N3O4/c18-11-12-4-2-1-3-5-17(12)14(21)16-8-6-15(7-9-16)10-13(19)20/h12,18H,1-11H2,(H,19,20). The molecule has 0 aromatic carbocycles. The van der Waals surface area contributed by atoms with Crippen LogP contribution in [-0.2, 0) is 4.79 Å². The lowest BCUT2D eigenvalue weighted by Gasteiger charge is -2.38. The summed E-state index contributed by atoms with van der Waals surface area (Å²) in [6.07, 6.45) is 4.01. The second-order valence-corrected chi connectivity index (χ2v) is 5.82. The largest absolute Gasteiger partial charge is 0.480 e. The molecule has 1 unspecified atom stereocenters. The maximum atomic E-state index is 12.6. The van der Waals surface area contributed by atoms with Gasteiger partial charge in [0.05, 0.1) is 19.2 Å². The number of rotatable bonds is 3. The van der Waals surface area contributed by atoms with E-state index in [0.29, 0.717) is 32.7 Å². The molecular weight excluding hydrogens is 274 g/mol. The highest BCUT2D eigenvalue weighted by molar-refractivity contribution is 5.75. The van der Waals surface area contributed by atoms with Crippen LogP contribution >= 0.6 is 0 Å². The van der Waals surface area contributed by atoms with Crippen LogP contribution in [0.2, 0.25) is 0 Å². The lowest BCUT2D eigenvalue weighted by Crippen LogP contribution is -2.55. The molecule has 0 aromatic heterocycles. The Bertz CT molecular complexity index is 369. The lowest BCUT2D eigenvalue weighted by molar-refractivity contribution is -0.138.